The summed E-state index contributed by atoms with van der Waals surface area (Å²) in [5.74, 6) is 0.468. The molecule has 2 aliphatic rings. The second-order valence-electron chi connectivity index (χ2n) is 9.83. The Balaban J connectivity index is 1.37. The Kier molecular flexibility index (Phi) is 6.38. The largest absolute Gasteiger partial charge is 0.496 e. The minimum atomic E-state index is -0.784. The fraction of sp³-hybridized carbons (Fsp3) is 0.407. The number of carbonyl (C=O) groups is 2. The van der Waals surface area contributed by atoms with Gasteiger partial charge in [0, 0.05) is 42.3 Å². The van der Waals surface area contributed by atoms with Gasteiger partial charge in [-0.15, -0.1) is 0 Å². The zero-order valence-electron chi connectivity index (χ0n) is 20.5. The molecule has 2 heterocycles. The number of ether oxygens (including phenoxy) is 1. The van der Waals surface area contributed by atoms with Crippen molar-refractivity contribution in [2.75, 3.05) is 14.2 Å². The van der Waals surface area contributed by atoms with Crippen molar-refractivity contribution in [1.29, 1.82) is 0 Å². The third-order valence-electron chi connectivity index (χ3n) is 7.22. The Morgan fingerprint density at radius 3 is 2.89 bits per heavy atom. The van der Waals surface area contributed by atoms with Crippen LogP contribution in [0, 0.1) is 5.92 Å². The summed E-state index contributed by atoms with van der Waals surface area (Å²) < 4.78 is 5.40. The molecular formula is C27H31N5O4. The Labute approximate surface area is 208 Å². The number of benzene rings is 1. The number of methoxy groups -OCH3 is 1. The molecule has 2 atom stereocenters. The second-order valence-corrected chi connectivity index (χ2v) is 9.83. The molecule has 36 heavy (non-hydrogen) atoms. The molecule has 2 aliphatic carbocycles. The van der Waals surface area contributed by atoms with Gasteiger partial charge in [0.2, 0.25) is 5.91 Å². The first kappa shape index (κ1) is 23.8. The molecule has 3 aromatic rings. The van der Waals surface area contributed by atoms with Crippen molar-refractivity contribution in [2.45, 2.75) is 50.1 Å². The first-order chi connectivity index (χ1) is 17.4. The van der Waals surface area contributed by atoms with Gasteiger partial charge in [-0.05, 0) is 55.0 Å². The molecule has 9 nitrogen and oxygen atoms in total. The van der Waals surface area contributed by atoms with E-state index in [-0.39, 0.29) is 17.4 Å². The summed E-state index contributed by atoms with van der Waals surface area (Å²) in [5, 5.41) is 6.90. The monoisotopic (exact) mass is 489 g/mol. The molecule has 1 fully saturated rings. The molecule has 0 aliphatic heterocycles. The summed E-state index contributed by atoms with van der Waals surface area (Å²) in [4.78, 5) is 49.3. The van der Waals surface area contributed by atoms with Crippen LogP contribution in [0.15, 0.2) is 46.3 Å². The summed E-state index contributed by atoms with van der Waals surface area (Å²) in [7, 11) is 3.25. The maximum Gasteiger partial charge on any atom is 0.268 e. The summed E-state index contributed by atoms with van der Waals surface area (Å²) in [6, 6.07) is 8.52. The van der Waals surface area contributed by atoms with Gasteiger partial charge in [0.15, 0.2) is 0 Å². The van der Waals surface area contributed by atoms with E-state index in [2.05, 4.69) is 25.6 Å². The predicted octanol–water partition coefficient (Wildman–Crippen LogP) is 2.51. The van der Waals surface area contributed by atoms with Gasteiger partial charge in [-0.3, -0.25) is 19.4 Å². The number of nitrogens with one attached hydrogen (secondary N) is 4. The molecule has 0 radical (unpaired) electrons. The van der Waals surface area contributed by atoms with Crippen LogP contribution in [0.3, 0.4) is 0 Å². The molecule has 2 amide bonds. The number of carbonyl (C=O) groups excluding carboxylic acids is 2. The van der Waals surface area contributed by atoms with Gasteiger partial charge in [-0.1, -0.05) is 18.9 Å². The minimum absolute atomic E-state index is 0.146. The number of aryl methyl sites for hydroxylation is 1. The number of H-pyrrole nitrogens is 2. The van der Waals surface area contributed by atoms with Crippen molar-refractivity contribution < 1.29 is 14.3 Å². The smallest absolute Gasteiger partial charge is 0.268 e. The van der Waals surface area contributed by atoms with Crippen LogP contribution in [0.5, 0.6) is 5.75 Å². The highest BCUT2D eigenvalue weighted by Crippen LogP contribution is 2.34. The van der Waals surface area contributed by atoms with Crippen molar-refractivity contribution in [3.05, 3.63) is 63.7 Å². The quantitative estimate of drug-likeness (QED) is 0.363. The molecule has 0 spiro atoms. The number of hydrogen-bond donors (Lipinski definition) is 4. The van der Waals surface area contributed by atoms with Gasteiger partial charge in [0.05, 0.1) is 12.6 Å². The molecule has 0 bridgehead atoms. The normalized spacial score (nSPS) is 20.2. The van der Waals surface area contributed by atoms with E-state index in [0.29, 0.717) is 48.6 Å². The molecule has 4 N–H and O–H groups in total. The number of nitrogens with zero attached hydrogens (tertiary/aromatic N) is 1. The number of aromatic amines is 2. The van der Waals surface area contributed by atoms with Crippen LogP contribution in [0.25, 0.3) is 10.9 Å². The Morgan fingerprint density at radius 2 is 2.14 bits per heavy atom. The number of fused-ring (bicyclic) bond motifs is 2. The van der Waals surface area contributed by atoms with E-state index in [9.17, 15) is 14.4 Å². The van der Waals surface area contributed by atoms with Crippen LogP contribution >= 0.6 is 0 Å². The molecule has 9 heteroatoms. The minimum Gasteiger partial charge on any atom is -0.496 e. The number of aliphatic imine (C=N–C) groups is 1. The van der Waals surface area contributed by atoms with E-state index >= 15 is 0 Å². The van der Waals surface area contributed by atoms with Gasteiger partial charge in [0.1, 0.15) is 17.5 Å². The maximum absolute atomic E-state index is 13.6. The van der Waals surface area contributed by atoms with E-state index < -0.39 is 11.6 Å². The van der Waals surface area contributed by atoms with Crippen LogP contribution in [0.4, 0.5) is 0 Å². The highest BCUT2D eigenvalue weighted by molar-refractivity contribution is 6.01. The van der Waals surface area contributed by atoms with Crippen LogP contribution in [0.1, 0.15) is 47.3 Å². The third-order valence-corrected chi connectivity index (χ3v) is 7.22. The first-order valence-corrected chi connectivity index (χ1v) is 12.3. The van der Waals surface area contributed by atoms with Crippen molar-refractivity contribution >= 4 is 28.9 Å². The summed E-state index contributed by atoms with van der Waals surface area (Å²) in [5.41, 5.74) is 1.88. The first-order valence-electron chi connectivity index (χ1n) is 12.3. The number of hydrogen-bond acceptors (Lipinski definition) is 5. The molecule has 0 saturated heterocycles. The highest BCUT2D eigenvalue weighted by Gasteiger charge is 2.39. The number of pyridine rings is 1. The maximum atomic E-state index is 13.6. The average Bonchev–Trinajstić information content (AvgIpc) is 3.58. The lowest BCUT2D eigenvalue weighted by Crippen LogP contribution is -2.59. The van der Waals surface area contributed by atoms with Crippen LogP contribution in [-0.4, -0.2) is 53.7 Å². The molecular weight excluding hydrogens is 458 g/mol. The Hall–Kier alpha value is -3.88. The lowest BCUT2D eigenvalue weighted by atomic mass is 9.79. The molecule has 5 rings (SSSR count). The van der Waals surface area contributed by atoms with Gasteiger partial charge < -0.3 is 25.3 Å². The summed E-state index contributed by atoms with van der Waals surface area (Å²) in [6.07, 6.45) is 7.68. The number of aromatic nitrogens is 2. The molecule has 1 saturated carbocycles. The van der Waals surface area contributed by atoms with Crippen LogP contribution in [0.2, 0.25) is 0 Å². The SMILES string of the molecule is C/N=C\[C@]1(NC(=O)[C@H](CC2CC2)NC(=O)c2cc3c(OC)cccc3[nH]2)CCc2cc[nH]c(=O)c2C1. The van der Waals surface area contributed by atoms with Crippen molar-refractivity contribution in [3.63, 3.8) is 0 Å². The molecule has 188 valence electrons. The van der Waals surface area contributed by atoms with Crippen LogP contribution in [-0.2, 0) is 17.6 Å². The van der Waals surface area contributed by atoms with E-state index in [0.717, 1.165) is 29.3 Å². The fourth-order valence-electron chi connectivity index (χ4n) is 5.15. The number of amides is 2. The van der Waals surface area contributed by atoms with E-state index in [1.54, 1.807) is 32.6 Å². The van der Waals surface area contributed by atoms with E-state index in [4.69, 9.17) is 4.74 Å². The van der Waals surface area contributed by atoms with Gasteiger partial charge in [0.25, 0.3) is 11.5 Å². The van der Waals surface area contributed by atoms with Gasteiger partial charge in [-0.2, -0.15) is 0 Å². The van der Waals surface area contributed by atoms with E-state index in [1.807, 2.05) is 24.3 Å². The number of rotatable bonds is 8. The predicted molar refractivity (Wildman–Crippen MR) is 138 cm³/mol. The van der Waals surface area contributed by atoms with Crippen molar-refractivity contribution in [3.8, 4) is 5.75 Å². The third kappa shape index (κ3) is 4.78. The molecule has 2 aromatic heterocycles. The van der Waals surface area contributed by atoms with Gasteiger partial charge >= 0.3 is 0 Å². The Morgan fingerprint density at radius 1 is 1.31 bits per heavy atom. The average molecular weight is 490 g/mol. The summed E-state index contributed by atoms with van der Waals surface area (Å²) >= 11 is 0. The standard InChI is InChI=1S/C27H31N5O4/c1-28-15-27(10-8-17-9-11-29-24(33)19(17)14-27)32-26(35)21(12-16-6-7-16)31-25(34)22-13-18-20(30-22)4-3-5-23(18)36-2/h3-5,9,11,13,15-16,21,30H,6-8,10,12,14H2,1-2H3,(H,29,33)(H,31,34)(H,32,35)/b28-15-/t21-,27-/m0/s1. The molecule has 0 unspecified atom stereocenters. The fourth-order valence-corrected chi connectivity index (χ4v) is 5.15. The lowest BCUT2D eigenvalue weighted by molar-refractivity contribution is -0.124. The van der Waals surface area contributed by atoms with Gasteiger partial charge in [-0.25, -0.2) is 0 Å². The zero-order chi connectivity index (χ0) is 25.3. The van der Waals surface area contributed by atoms with E-state index in [1.165, 1.54) is 0 Å². The second kappa shape index (κ2) is 9.64. The molecule has 1 aromatic carbocycles. The topological polar surface area (TPSA) is 128 Å². The van der Waals surface area contributed by atoms with Crippen molar-refractivity contribution in [1.82, 2.24) is 20.6 Å². The highest BCUT2D eigenvalue weighted by atomic mass is 16.5. The van der Waals surface area contributed by atoms with Crippen LogP contribution < -0.4 is 20.9 Å². The Bertz CT molecular complexity index is 1390. The summed E-state index contributed by atoms with van der Waals surface area (Å²) in [6.45, 7) is 0. The lowest BCUT2D eigenvalue weighted by Gasteiger charge is -2.36. The van der Waals surface area contributed by atoms with Crippen molar-refractivity contribution in [2.24, 2.45) is 10.9 Å². The zero-order valence-corrected chi connectivity index (χ0v) is 20.5.